The molecular formula is C15H22FN3. The minimum atomic E-state index is -0.189. The first-order valence-electron chi connectivity index (χ1n) is 7.37. The van der Waals surface area contributed by atoms with Crippen LogP contribution in [0.3, 0.4) is 0 Å². The van der Waals surface area contributed by atoms with Gasteiger partial charge in [0.1, 0.15) is 0 Å². The van der Waals surface area contributed by atoms with Crippen molar-refractivity contribution in [2.24, 2.45) is 5.92 Å². The third kappa shape index (κ3) is 2.59. The molecule has 104 valence electrons. The highest BCUT2D eigenvalue weighted by Gasteiger charge is 2.35. The molecule has 2 bridgehead atoms. The number of fused-ring (bicyclic) bond motifs is 4. The van der Waals surface area contributed by atoms with E-state index in [0.29, 0.717) is 17.8 Å². The van der Waals surface area contributed by atoms with Crippen molar-refractivity contribution >= 4 is 5.82 Å². The maximum atomic E-state index is 13.9. The predicted molar refractivity (Wildman–Crippen MR) is 74.8 cm³/mol. The van der Waals surface area contributed by atoms with Crippen molar-refractivity contribution in [3.8, 4) is 0 Å². The van der Waals surface area contributed by atoms with Crippen LogP contribution in [0, 0.1) is 11.7 Å². The summed E-state index contributed by atoms with van der Waals surface area (Å²) in [5.74, 6) is 1.01. The van der Waals surface area contributed by atoms with Gasteiger partial charge in [0.05, 0.1) is 0 Å². The highest BCUT2D eigenvalue weighted by Crippen LogP contribution is 2.30. The number of halogens is 1. The molecule has 3 nitrogen and oxygen atoms in total. The lowest BCUT2D eigenvalue weighted by Gasteiger charge is -2.35. The van der Waals surface area contributed by atoms with Gasteiger partial charge in [-0.2, -0.15) is 0 Å². The number of nitrogens with zero attached hydrogens (tertiary/aromatic N) is 3. The molecule has 4 heterocycles. The molecule has 3 aliphatic heterocycles. The van der Waals surface area contributed by atoms with E-state index in [2.05, 4.69) is 21.7 Å². The van der Waals surface area contributed by atoms with Crippen molar-refractivity contribution in [1.29, 1.82) is 0 Å². The quantitative estimate of drug-likeness (QED) is 0.835. The third-order valence-corrected chi connectivity index (χ3v) is 4.38. The van der Waals surface area contributed by atoms with Crippen molar-refractivity contribution in [3.05, 3.63) is 24.1 Å². The lowest BCUT2D eigenvalue weighted by atomic mass is 9.95. The standard InChI is InChI=1S/C15H22FN3/c1-2-8-18-9-12-5-6-13(18)11-19(10-12)15-14(16)4-3-7-17-15/h3-4,7,12-13H,2,5-6,8-11H2,1H3/t12-,13-/m1/s1. The molecule has 0 spiro atoms. The molecule has 0 amide bonds. The van der Waals surface area contributed by atoms with Crippen LogP contribution in [0.25, 0.3) is 0 Å². The first-order chi connectivity index (χ1) is 9.28. The molecule has 0 aromatic carbocycles. The average molecular weight is 263 g/mol. The van der Waals surface area contributed by atoms with Gasteiger partial charge in [-0.1, -0.05) is 6.92 Å². The summed E-state index contributed by atoms with van der Waals surface area (Å²) in [6.07, 6.45) is 5.40. The van der Waals surface area contributed by atoms with Crippen LogP contribution < -0.4 is 4.90 Å². The fourth-order valence-corrected chi connectivity index (χ4v) is 3.52. The van der Waals surface area contributed by atoms with Crippen molar-refractivity contribution < 1.29 is 4.39 Å². The minimum Gasteiger partial charge on any atom is -0.352 e. The number of rotatable bonds is 3. The summed E-state index contributed by atoms with van der Waals surface area (Å²) in [7, 11) is 0. The van der Waals surface area contributed by atoms with Crippen molar-refractivity contribution in [1.82, 2.24) is 9.88 Å². The van der Waals surface area contributed by atoms with Gasteiger partial charge in [0.15, 0.2) is 11.6 Å². The smallest absolute Gasteiger partial charge is 0.165 e. The maximum absolute atomic E-state index is 13.9. The maximum Gasteiger partial charge on any atom is 0.165 e. The van der Waals surface area contributed by atoms with Crippen LogP contribution in [-0.2, 0) is 0 Å². The zero-order chi connectivity index (χ0) is 13.2. The zero-order valence-corrected chi connectivity index (χ0v) is 11.6. The Labute approximate surface area is 114 Å². The fourth-order valence-electron chi connectivity index (χ4n) is 3.52. The molecule has 1 aromatic heterocycles. The zero-order valence-electron chi connectivity index (χ0n) is 11.6. The molecule has 19 heavy (non-hydrogen) atoms. The first-order valence-corrected chi connectivity index (χ1v) is 7.37. The van der Waals surface area contributed by atoms with Gasteiger partial charge in [0, 0.05) is 31.9 Å². The van der Waals surface area contributed by atoms with Crippen LogP contribution in [0.1, 0.15) is 26.2 Å². The first kappa shape index (κ1) is 12.9. The Morgan fingerprint density at radius 2 is 2.21 bits per heavy atom. The van der Waals surface area contributed by atoms with Gasteiger partial charge < -0.3 is 4.90 Å². The van der Waals surface area contributed by atoms with Gasteiger partial charge in [-0.05, 0) is 43.9 Å². The summed E-state index contributed by atoms with van der Waals surface area (Å²) < 4.78 is 13.9. The van der Waals surface area contributed by atoms with E-state index in [1.807, 2.05) is 0 Å². The van der Waals surface area contributed by atoms with Gasteiger partial charge in [-0.15, -0.1) is 0 Å². The average Bonchev–Trinajstić information content (AvgIpc) is 2.71. The SMILES string of the molecule is CCCN1C[C@H]2CC[C@@H]1CN(c1ncccc1F)C2. The molecule has 3 saturated heterocycles. The predicted octanol–water partition coefficient (Wildman–Crippen LogP) is 2.53. The van der Waals surface area contributed by atoms with Crippen LogP contribution in [0.15, 0.2) is 18.3 Å². The molecule has 0 N–H and O–H groups in total. The van der Waals surface area contributed by atoms with Gasteiger partial charge in [0.2, 0.25) is 0 Å². The van der Waals surface area contributed by atoms with Gasteiger partial charge in [0.25, 0.3) is 0 Å². The molecule has 0 unspecified atom stereocenters. The number of anilines is 1. The minimum absolute atomic E-state index is 0.189. The molecule has 4 heteroatoms. The Bertz CT molecular complexity index is 437. The summed E-state index contributed by atoms with van der Waals surface area (Å²) in [6, 6.07) is 3.74. The molecule has 4 rings (SSSR count). The second kappa shape index (κ2) is 5.45. The molecule has 3 aliphatic rings. The van der Waals surface area contributed by atoms with Crippen molar-refractivity contribution in [3.63, 3.8) is 0 Å². The monoisotopic (exact) mass is 263 g/mol. The summed E-state index contributed by atoms with van der Waals surface area (Å²) in [4.78, 5) is 9.00. The Kier molecular flexibility index (Phi) is 3.69. The normalized spacial score (nSPS) is 27.6. The number of hydrogen-bond acceptors (Lipinski definition) is 3. The molecule has 0 saturated carbocycles. The van der Waals surface area contributed by atoms with Crippen LogP contribution in [-0.4, -0.2) is 42.1 Å². The van der Waals surface area contributed by atoms with Crippen molar-refractivity contribution in [2.45, 2.75) is 32.2 Å². The van der Waals surface area contributed by atoms with E-state index in [1.54, 1.807) is 12.3 Å². The van der Waals surface area contributed by atoms with Gasteiger partial charge in [-0.3, -0.25) is 4.90 Å². The van der Waals surface area contributed by atoms with E-state index in [0.717, 1.165) is 13.1 Å². The topological polar surface area (TPSA) is 19.4 Å². The van der Waals surface area contributed by atoms with Crippen LogP contribution in [0.5, 0.6) is 0 Å². The molecule has 2 atom stereocenters. The van der Waals surface area contributed by atoms with Crippen LogP contribution >= 0.6 is 0 Å². The van der Waals surface area contributed by atoms with E-state index < -0.39 is 0 Å². The summed E-state index contributed by atoms with van der Waals surface area (Å²) in [6.45, 7) is 6.44. The fraction of sp³-hybridized carbons (Fsp3) is 0.667. The Morgan fingerprint density at radius 3 is 3.00 bits per heavy atom. The van der Waals surface area contributed by atoms with Crippen molar-refractivity contribution in [2.75, 3.05) is 31.1 Å². The Morgan fingerprint density at radius 1 is 1.32 bits per heavy atom. The lowest BCUT2D eigenvalue weighted by molar-refractivity contribution is 0.134. The summed E-state index contributed by atoms with van der Waals surface area (Å²) in [5, 5.41) is 0. The lowest BCUT2D eigenvalue weighted by Crippen LogP contribution is -2.44. The highest BCUT2D eigenvalue weighted by atomic mass is 19.1. The van der Waals surface area contributed by atoms with Crippen LogP contribution in [0.4, 0.5) is 10.2 Å². The Hall–Kier alpha value is -1.16. The molecule has 0 radical (unpaired) electrons. The van der Waals surface area contributed by atoms with E-state index in [-0.39, 0.29) is 5.82 Å². The van der Waals surface area contributed by atoms with Gasteiger partial charge >= 0.3 is 0 Å². The summed E-state index contributed by atoms with van der Waals surface area (Å²) >= 11 is 0. The third-order valence-electron chi connectivity index (χ3n) is 4.38. The largest absolute Gasteiger partial charge is 0.352 e. The van der Waals surface area contributed by atoms with E-state index in [9.17, 15) is 4.39 Å². The van der Waals surface area contributed by atoms with Crippen LogP contribution in [0.2, 0.25) is 0 Å². The summed E-state index contributed by atoms with van der Waals surface area (Å²) in [5.41, 5.74) is 0. The van der Waals surface area contributed by atoms with E-state index in [4.69, 9.17) is 0 Å². The van der Waals surface area contributed by atoms with E-state index in [1.165, 1.54) is 38.4 Å². The Balaban J connectivity index is 1.81. The number of piperidine rings is 1. The van der Waals surface area contributed by atoms with Gasteiger partial charge in [-0.25, -0.2) is 9.37 Å². The number of aromatic nitrogens is 1. The number of pyridine rings is 1. The second-order valence-electron chi connectivity index (χ2n) is 5.81. The van der Waals surface area contributed by atoms with E-state index >= 15 is 0 Å². The second-order valence-corrected chi connectivity index (χ2v) is 5.81. The molecular weight excluding hydrogens is 241 g/mol. The molecule has 0 aliphatic carbocycles. The highest BCUT2D eigenvalue weighted by molar-refractivity contribution is 5.40. The molecule has 3 fully saturated rings. The number of hydrogen-bond donors (Lipinski definition) is 0. The molecule has 1 aromatic rings.